The summed E-state index contributed by atoms with van der Waals surface area (Å²) in [6.45, 7) is 13.9. The fourth-order valence-corrected chi connectivity index (χ4v) is 19.1. The van der Waals surface area contributed by atoms with Gasteiger partial charge in [-0.15, -0.1) is 45.3 Å². The highest BCUT2D eigenvalue weighted by molar-refractivity contribution is 7.28. The predicted octanol–water partition coefficient (Wildman–Crippen LogP) is 29.6. The number of benzene rings is 3. The summed E-state index contributed by atoms with van der Waals surface area (Å²) < 4.78 is 14.8. The van der Waals surface area contributed by atoms with Crippen LogP contribution in [0, 0.1) is 0 Å². The Kier molecular flexibility index (Phi) is 31.2. The molecule has 0 atom stereocenters. The third-order valence-electron chi connectivity index (χ3n) is 19.2. The number of aryl methyl sites for hydroxylation is 6. The number of rotatable bonds is 48. The van der Waals surface area contributed by atoms with Crippen LogP contribution >= 0.6 is 45.3 Å². The van der Waals surface area contributed by atoms with E-state index in [-0.39, 0.29) is 0 Å². The molecule has 498 valence electrons. The fourth-order valence-electron chi connectivity index (χ4n) is 13.8. The van der Waals surface area contributed by atoms with E-state index < -0.39 is 0 Å². The van der Waals surface area contributed by atoms with Crippen molar-refractivity contribution in [2.75, 3.05) is 0 Å². The monoisotopic (exact) mass is 1310 g/mol. The molecular formula is C84H116N2O2S4. The van der Waals surface area contributed by atoms with Gasteiger partial charge < -0.3 is 8.83 Å². The number of hydrogen-bond acceptors (Lipinski definition) is 8. The van der Waals surface area contributed by atoms with Gasteiger partial charge >= 0.3 is 0 Å². The summed E-state index contributed by atoms with van der Waals surface area (Å²) in [5.74, 6) is 1.69. The van der Waals surface area contributed by atoms with Gasteiger partial charge in [-0.05, 0) is 122 Å². The summed E-state index contributed by atoms with van der Waals surface area (Å²) in [5, 5.41) is 0. The van der Waals surface area contributed by atoms with E-state index in [4.69, 9.17) is 18.8 Å². The molecule has 3 aromatic carbocycles. The molecule has 8 heteroatoms. The molecule has 0 saturated heterocycles. The van der Waals surface area contributed by atoms with Crippen molar-refractivity contribution in [3.05, 3.63) is 119 Å². The molecule has 0 N–H and O–H groups in total. The van der Waals surface area contributed by atoms with Gasteiger partial charge in [0.1, 0.15) is 11.0 Å². The highest BCUT2D eigenvalue weighted by atomic mass is 32.1. The number of oxazole rings is 2. The molecule has 92 heavy (non-hydrogen) atoms. The van der Waals surface area contributed by atoms with E-state index in [0.717, 1.165) is 96.5 Å². The first-order chi connectivity index (χ1) is 45.5. The molecule has 6 heterocycles. The van der Waals surface area contributed by atoms with Crippen LogP contribution in [0.5, 0.6) is 0 Å². The van der Waals surface area contributed by atoms with E-state index in [1.807, 2.05) is 22.7 Å². The van der Waals surface area contributed by atoms with Gasteiger partial charge in [-0.3, -0.25) is 0 Å². The molecule has 0 aliphatic carbocycles. The Morgan fingerprint density at radius 1 is 0.272 bits per heavy atom. The van der Waals surface area contributed by atoms with Gasteiger partial charge in [0.05, 0.1) is 11.1 Å². The SMILES string of the molecule is CCCCCCCCc1nc2c(-c3cc(CCCCCCCC)c(-c4cc(CCCCCCCC)c(-c5sc(-c6ccccc6)cc5CCCCCCCC)s4)s3)c3oc(CCCCCCCC)nc3c(-c3cc(CCCCCCCC)c(-c4ccccc4)s3)c2o1. The summed E-state index contributed by atoms with van der Waals surface area (Å²) in [5.41, 5.74) is 14.5. The predicted molar refractivity (Wildman–Crippen MR) is 408 cm³/mol. The van der Waals surface area contributed by atoms with Gasteiger partial charge in [0.2, 0.25) is 0 Å². The lowest BCUT2D eigenvalue weighted by molar-refractivity contribution is 0.505. The van der Waals surface area contributed by atoms with Crippen LogP contribution in [0.4, 0.5) is 0 Å². The largest absolute Gasteiger partial charge is 0.440 e. The van der Waals surface area contributed by atoms with Crippen LogP contribution < -0.4 is 0 Å². The van der Waals surface area contributed by atoms with Crippen molar-refractivity contribution in [2.24, 2.45) is 0 Å². The zero-order valence-electron chi connectivity index (χ0n) is 58.1. The topological polar surface area (TPSA) is 52.1 Å². The van der Waals surface area contributed by atoms with Crippen molar-refractivity contribution >= 4 is 67.5 Å². The van der Waals surface area contributed by atoms with Gasteiger partial charge in [-0.2, -0.15) is 0 Å². The summed E-state index contributed by atoms with van der Waals surface area (Å²) in [6.07, 6.45) is 51.8. The standard InChI is InChI=1S/C84H116N2O2S4/c1-7-13-19-25-31-39-53-65-60-70(90-81(65)64-51-45-38-46-52-64)75-77-80(88-73(85-77)57-47-35-29-23-17-11-5)76(78-79(75)87-74(86-78)58-48-36-30-24-18-12-6)71-61-66(54-40-32-26-20-14-8-2)82(91-71)72-62-68(56-42-34-28-22-16-10-4)84(92-72)83-67(55-41-33-27-21-15-9-3)59-69(89-83)63-49-43-37-44-50-63/h37-38,43-46,49-52,59-62H,7-36,39-42,47-48,53-58H2,1-6H3. The van der Waals surface area contributed by atoms with Crippen LogP contribution in [0.2, 0.25) is 0 Å². The second-order valence-electron chi connectivity index (χ2n) is 27.0. The molecule has 0 radical (unpaired) electrons. The molecule has 0 unspecified atom stereocenters. The van der Waals surface area contributed by atoms with Crippen molar-refractivity contribution in [1.82, 2.24) is 9.97 Å². The van der Waals surface area contributed by atoms with Gasteiger partial charge in [0.25, 0.3) is 0 Å². The maximum absolute atomic E-state index is 7.42. The minimum absolute atomic E-state index is 0.828. The first kappa shape index (κ1) is 71.7. The lowest BCUT2D eigenvalue weighted by atomic mass is 9.99. The first-order valence-corrected chi connectivity index (χ1v) is 41.1. The smallest absolute Gasteiger partial charge is 0.195 e. The second-order valence-corrected chi connectivity index (χ2v) is 31.2. The molecule has 0 bridgehead atoms. The Labute approximate surface area is 573 Å². The third kappa shape index (κ3) is 20.7. The Morgan fingerprint density at radius 3 is 0.946 bits per heavy atom. The number of nitrogens with zero attached hydrogens (tertiary/aromatic N) is 2. The first-order valence-electron chi connectivity index (χ1n) is 37.8. The molecule has 9 aromatic rings. The normalized spacial score (nSPS) is 11.9. The lowest BCUT2D eigenvalue weighted by Gasteiger charge is -2.06. The van der Waals surface area contributed by atoms with Crippen LogP contribution in [0.3, 0.4) is 0 Å². The number of aromatic nitrogens is 2. The second kappa shape index (κ2) is 40.1. The van der Waals surface area contributed by atoms with Crippen molar-refractivity contribution in [3.63, 3.8) is 0 Å². The number of hydrogen-bond donors (Lipinski definition) is 0. The van der Waals surface area contributed by atoms with E-state index >= 15 is 0 Å². The lowest BCUT2D eigenvalue weighted by Crippen LogP contribution is -1.90. The van der Waals surface area contributed by atoms with Gasteiger partial charge in [0.15, 0.2) is 22.9 Å². The molecule has 0 amide bonds. The summed E-state index contributed by atoms with van der Waals surface area (Å²) in [4.78, 5) is 22.5. The van der Waals surface area contributed by atoms with Gasteiger partial charge in [0, 0.05) is 51.9 Å². The minimum atomic E-state index is 0.828. The quantitative estimate of drug-likeness (QED) is 0.0357. The molecule has 0 fully saturated rings. The van der Waals surface area contributed by atoms with E-state index in [1.54, 1.807) is 11.1 Å². The van der Waals surface area contributed by atoms with Crippen molar-refractivity contribution in [2.45, 2.75) is 311 Å². The van der Waals surface area contributed by atoms with E-state index in [0.29, 0.717) is 0 Å². The van der Waals surface area contributed by atoms with Crippen LogP contribution in [0.15, 0.2) is 93.8 Å². The molecule has 9 rings (SSSR count). The Bertz CT molecular complexity index is 3420. The van der Waals surface area contributed by atoms with Crippen molar-refractivity contribution < 1.29 is 8.83 Å². The Morgan fingerprint density at radius 2 is 0.554 bits per heavy atom. The molecule has 4 nitrogen and oxygen atoms in total. The zero-order valence-corrected chi connectivity index (χ0v) is 61.4. The third-order valence-corrected chi connectivity index (χ3v) is 24.4. The average Bonchev–Trinajstić information content (AvgIpc) is 1.55. The van der Waals surface area contributed by atoms with E-state index in [1.165, 1.54) is 280 Å². The maximum atomic E-state index is 7.42. The molecule has 0 saturated carbocycles. The summed E-state index contributed by atoms with van der Waals surface area (Å²) in [6, 6.07) is 32.7. The van der Waals surface area contributed by atoms with Crippen LogP contribution in [0.25, 0.3) is 83.5 Å². The highest BCUT2D eigenvalue weighted by Crippen LogP contribution is 2.53. The van der Waals surface area contributed by atoms with Gasteiger partial charge in [-0.1, -0.05) is 295 Å². The van der Waals surface area contributed by atoms with Gasteiger partial charge in [-0.25, -0.2) is 9.97 Å². The minimum Gasteiger partial charge on any atom is -0.440 e. The Hall–Kier alpha value is -4.60. The number of fused-ring (bicyclic) bond motifs is 2. The van der Waals surface area contributed by atoms with E-state index in [9.17, 15) is 0 Å². The molecule has 0 aliphatic rings. The zero-order chi connectivity index (χ0) is 64.0. The summed E-state index contributed by atoms with van der Waals surface area (Å²) in [7, 11) is 0. The number of thiophene rings is 4. The van der Waals surface area contributed by atoms with Crippen molar-refractivity contribution in [1.29, 1.82) is 0 Å². The Balaban J connectivity index is 1.22. The van der Waals surface area contributed by atoms with Crippen LogP contribution in [-0.2, 0) is 38.5 Å². The number of unbranched alkanes of at least 4 members (excludes halogenated alkanes) is 30. The average molecular weight is 1310 g/mol. The molecular weight excluding hydrogens is 1200 g/mol. The highest BCUT2D eigenvalue weighted by Gasteiger charge is 2.31. The molecule has 0 spiro atoms. The van der Waals surface area contributed by atoms with Crippen LogP contribution in [-0.4, -0.2) is 9.97 Å². The maximum Gasteiger partial charge on any atom is 0.195 e. The van der Waals surface area contributed by atoms with Crippen molar-refractivity contribution in [3.8, 4) is 61.3 Å². The van der Waals surface area contributed by atoms with Crippen LogP contribution in [0.1, 0.15) is 307 Å². The fraction of sp³-hybridized carbons (Fsp3) is 0.571. The summed E-state index contributed by atoms with van der Waals surface area (Å²) >= 11 is 8.07. The van der Waals surface area contributed by atoms with E-state index in [2.05, 4.69) is 149 Å². The molecule has 0 aliphatic heterocycles. The molecule has 6 aromatic heterocycles.